The Morgan fingerprint density at radius 2 is 1.82 bits per heavy atom. The van der Waals surface area contributed by atoms with Gasteiger partial charge in [0.05, 0.1) is 11.1 Å². The Morgan fingerprint density at radius 1 is 1.12 bits per heavy atom. The first-order chi connectivity index (χ1) is 7.86. The van der Waals surface area contributed by atoms with Crippen molar-refractivity contribution in [1.82, 2.24) is 10.3 Å². The fourth-order valence-corrected chi connectivity index (χ4v) is 1.58. The lowest BCUT2D eigenvalue weighted by molar-refractivity contribution is 0.305. The van der Waals surface area contributed by atoms with E-state index in [9.17, 15) is 0 Å². The summed E-state index contributed by atoms with van der Waals surface area (Å²) in [5.74, 6) is 3.22. The van der Waals surface area contributed by atoms with Gasteiger partial charge in [0.25, 0.3) is 0 Å². The molecule has 17 heavy (non-hydrogen) atoms. The zero-order valence-corrected chi connectivity index (χ0v) is 10.7. The predicted octanol–water partition coefficient (Wildman–Crippen LogP) is 1.98. The lowest BCUT2D eigenvalue weighted by Crippen LogP contribution is -2.46. The van der Waals surface area contributed by atoms with Gasteiger partial charge < -0.3 is 0 Å². The largest absolute Gasteiger partial charge is 0.256 e. The first-order valence-corrected chi connectivity index (χ1v) is 5.62. The van der Waals surface area contributed by atoms with Crippen LogP contribution in [0.4, 0.5) is 0 Å². The number of hydrogen-bond donors (Lipinski definition) is 0. The average Bonchev–Trinajstić information content (AvgIpc) is 2.48. The predicted molar refractivity (Wildman–Crippen MR) is 69.0 cm³/mol. The maximum Gasteiger partial charge on any atom is 0.170 e. The van der Waals surface area contributed by atoms with E-state index in [0.29, 0.717) is 11.5 Å². The molecule has 2 heterocycles. The van der Waals surface area contributed by atoms with Crippen LogP contribution in [0.5, 0.6) is 0 Å². The summed E-state index contributed by atoms with van der Waals surface area (Å²) in [6.45, 7) is 8.31. The highest BCUT2D eigenvalue weighted by Gasteiger charge is 2.45. The molecule has 3 nitrogen and oxygen atoms in total. The van der Waals surface area contributed by atoms with E-state index in [4.69, 9.17) is 6.42 Å². The summed E-state index contributed by atoms with van der Waals surface area (Å²) < 4.78 is 0. The Hall–Kier alpha value is -1.82. The van der Waals surface area contributed by atoms with E-state index in [1.807, 2.05) is 12.1 Å². The average molecular weight is 226 g/mol. The van der Waals surface area contributed by atoms with Crippen LogP contribution >= 0.6 is 0 Å². The first kappa shape index (κ1) is 11.7. The van der Waals surface area contributed by atoms with Crippen molar-refractivity contribution in [3.8, 4) is 12.3 Å². The highest BCUT2D eigenvalue weighted by molar-refractivity contribution is 5.99. The molecule has 1 aliphatic rings. The topological polar surface area (TPSA) is 39.4 Å². The van der Waals surface area contributed by atoms with Crippen molar-refractivity contribution >= 4 is 5.84 Å². The Balaban J connectivity index is 2.41. The molecular formula is C14H16N3. The van der Waals surface area contributed by atoms with Crippen LogP contribution in [0.2, 0.25) is 0 Å². The maximum atomic E-state index is 5.34. The van der Waals surface area contributed by atoms with Crippen LogP contribution in [0.3, 0.4) is 0 Å². The molecule has 0 amide bonds. The van der Waals surface area contributed by atoms with Crippen molar-refractivity contribution in [1.29, 1.82) is 0 Å². The molecule has 1 aromatic heterocycles. The number of amidine groups is 1. The zero-order chi connectivity index (χ0) is 12.7. The van der Waals surface area contributed by atoms with Crippen molar-refractivity contribution in [2.75, 3.05) is 0 Å². The highest BCUT2D eigenvalue weighted by atomic mass is 15.2. The summed E-state index contributed by atoms with van der Waals surface area (Å²) in [7, 11) is 0. The van der Waals surface area contributed by atoms with Crippen LogP contribution in [-0.4, -0.2) is 21.9 Å². The molecule has 1 aromatic rings. The summed E-state index contributed by atoms with van der Waals surface area (Å²) in [5, 5.41) is 4.64. The monoisotopic (exact) mass is 226 g/mol. The molecule has 0 saturated carbocycles. The number of pyridine rings is 1. The molecule has 1 radical (unpaired) electrons. The van der Waals surface area contributed by atoms with Gasteiger partial charge in [-0.1, -0.05) is 12.0 Å². The Kier molecular flexibility index (Phi) is 2.46. The van der Waals surface area contributed by atoms with Crippen LogP contribution in [0.15, 0.2) is 23.2 Å². The van der Waals surface area contributed by atoms with E-state index in [1.165, 1.54) is 0 Å². The van der Waals surface area contributed by atoms with Gasteiger partial charge >= 0.3 is 0 Å². The second-order valence-corrected chi connectivity index (χ2v) is 5.22. The Morgan fingerprint density at radius 3 is 2.35 bits per heavy atom. The Bertz CT molecular complexity index is 519. The SMILES string of the molecule is C#Cc1cccc(C2=NC(C)(C)C(C)(C)[N]2)n1. The molecule has 0 fully saturated rings. The van der Waals surface area contributed by atoms with Crippen LogP contribution in [0.1, 0.15) is 39.1 Å². The van der Waals surface area contributed by atoms with Crippen LogP contribution in [0.25, 0.3) is 0 Å². The van der Waals surface area contributed by atoms with Gasteiger partial charge in [-0.3, -0.25) is 10.3 Å². The number of hydrogen-bond acceptors (Lipinski definition) is 2. The van der Waals surface area contributed by atoms with Gasteiger partial charge in [0.1, 0.15) is 11.4 Å². The van der Waals surface area contributed by atoms with E-state index in [1.54, 1.807) is 6.07 Å². The number of nitrogens with zero attached hydrogens (tertiary/aromatic N) is 3. The van der Waals surface area contributed by atoms with Crippen molar-refractivity contribution in [3.63, 3.8) is 0 Å². The maximum absolute atomic E-state index is 5.34. The second kappa shape index (κ2) is 3.59. The van der Waals surface area contributed by atoms with E-state index < -0.39 is 0 Å². The minimum Gasteiger partial charge on any atom is -0.256 e. The van der Waals surface area contributed by atoms with Crippen molar-refractivity contribution < 1.29 is 0 Å². The van der Waals surface area contributed by atoms with Gasteiger partial charge in [0.15, 0.2) is 5.84 Å². The summed E-state index contributed by atoms with van der Waals surface area (Å²) in [6.07, 6.45) is 5.34. The Labute approximate surface area is 102 Å². The van der Waals surface area contributed by atoms with Crippen LogP contribution in [-0.2, 0) is 0 Å². The van der Waals surface area contributed by atoms with Crippen molar-refractivity contribution in [3.05, 3.63) is 29.6 Å². The second-order valence-electron chi connectivity index (χ2n) is 5.22. The summed E-state index contributed by atoms with van der Waals surface area (Å²) in [6, 6.07) is 5.57. The van der Waals surface area contributed by atoms with E-state index in [0.717, 1.165) is 5.69 Å². The van der Waals surface area contributed by atoms with E-state index in [2.05, 4.69) is 48.9 Å². The third-order valence-corrected chi connectivity index (χ3v) is 3.39. The number of aliphatic imine (C=N–C) groups is 1. The van der Waals surface area contributed by atoms with E-state index in [-0.39, 0.29) is 11.1 Å². The van der Waals surface area contributed by atoms with Gasteiger partial charge in [-0.15, -0.1) is 6.42 Å². The van der Waals surface area contributed by atoms with E-state index >= 15 is 0 Å². The van der Waals surface area contributed by atoms with Gasteiger partial charge in [0, 0.05) is 0 Å². The van der Waals surface area contributed by atoms with Gasteiger partial charge in [-0.25, -0.2) is 4.98 Å². The molecule has 0 unspecified atom stereocenters. The molecule has 1 aliphatic heterocycles. The molecule has 0 N–H and O–H groups in total. The fraction of sp³-hybridized carbons (Fsp3) is 0.429. The molecule has 0 bridgehead atoms. The number of terminal acetylenes is 1. The standard InChI is InChI=1S/C14H16N3/c1-6-10-8-7-9-11(15-10)12-16-13(2,3)14(4,5)17-12/h1,7-9H,2-5H3. The molecule has 3 heteroatoms. The quantitative estimate of drug-likeness (QED) is 0.675. The van der Waals surface area contributed by atoms with Crippen LogP contribution < -0.4 is 5.32 Å². The van der Waals surface area contributed by atoms with Gasteiger partial charge in [-0.05, 0) is 39.8 Å². The summed E-state index contributed by atoms with van der Waals surface area (Å²) >= 11 is 0. The molecule has 0 atom stereocenters. The molecule has 87 valence electrons. The molecule has 0 saturated heterocycles. The fourth-order valence-electron chi connectivity index (χ4n) is 1.58. The summed E-state index contributed by atoms with van der Waals surface area (Å²) in [5.41, 5.74) is 0.939. The molecule has 2 rings (SSSR count). The van der Waals surface area contributed by atoms with Gasteiger partial charge in [0.2, 0.25) is 0 Å². The number of rotatable bonds is 1. The van der Waals surface area contributed by atoms with Crippen LogP contribution in [0, 0.1) is 12.3 Å². The molecule has 0 aliphatic carbocycles. The molecule has 0 spiro atoms. The molecule has 0 aromatic carbocycles. The third-order valence-electron chi connectivity index (χ3n) is 3.39. The van der Waals surface area contributed by atoms with Gasteiger partial charge in [-0.2, -0.15) is 0 Å². The number of aromatic nitrogens is 1. The zero-order valence-electron chi connectivity index (χ0n) is 10.7. The highest BCUT2D eigenvalue weighted by Crippen LogP contribution is 2.32. The lowest BCUT2D eigenvalue weighted by Gasteiger charge is -2.30. The lowest BCUT2D eigenvalue weighted by atomic mass is 9.85. The minimum atomic E-state index is -0.212. The normalized spacial score (nSPS) is 20.3. The first-order valence-electron chi connectivity index (χ1n) is 5.62. The minimum absolute atomic E-state index is 0.212. The smallest absolute Gasteiger partial charge is 0.170 e. The molecular weight excluding hydrogens is 210 g/mol. The third kappa shape index (κ3) is 1.91. The van der Waals surface area contributed by atoms with Crippen molar-refractivity contribution in [2.45, 2.75) is 38.8 Å². The van der Waals surface area contributed by atoms with Crippen molar-refractivity contribution in [2.24, 2.45) is 4.99 Å². The summed E-state index contributed by atoms with van der Waals surface area (Å²) in [4.78, 5) is 8.98.